The van der Waals surface area contributed by atoms with Gasteiger partial charge in [0.2, 0.25) is 0 Å². The smallest absolute Gasteiger partial charge is 0.0942 e. The Morgan fingerprint density at radius 2 is 2.18 bits per heavy atom. The summed E-state index contributed by atoms with van der Waals surface area (Å²) in [4.78, 5) is 4.30. The van der Waals surface area contributed by atoms with Gasteiger partial charge in [0.1, 0.15) is 0 Å². The first-order valence-electron chi connectivity index (χ1n) is 5.59. The number of pyridine rings is 1. The fourth-order valence-corrected chi connectivity index (χ4v) is 1.70. The third kappa shape index (κ3) is 2.72. The first-order valence-corrected chi connectivity index (χ1v) is 5.59. The number of nitrogens with zero attached hydrogens (tertiary/aromatic N) is 1. The number of benzene rings is 1. The molecule has 0 fully saturated rings. The predicted molar refractivity (Wildman–Crippen MR) is 68.1 cm³/mol. The van der Waals surface area contributed by atoms with Crippen molar-refractivity contribution in [2.45, 2.75) is 13.0 Å². The van der Waals surface area contributed by atoms with Crippen LogP contribution < -0.4 is 5.32 Å². The highest BCUT2D eigenvalue weighted by Crippen LogP contribution is 2.19. The zero-order chi connectivity index (χ0) is 12.3. The Morgan fingerprint density at radius 1 is 1.35 bits per heavy atom. The number of aliphatic hydroxyl groups excluding tert-OH is 2. The average Bonchev–Trinajstić information content (AvgIpc) is 2.36. The lowest BCUT2D eigenvalue weighted by molar-refractivity contribution is 0.105. The zero-order valence-electron chi connectivity index (χ0n) is 9.72. The van der Waals surface area contributed by atoms with Gasteiger partial charge in [-0.25, -0.2) is 0 Å². The Balaban J connectivity index is 2.20. The fraction of sp³-hybridized carbons (Fsp3) is 0.308. The SMILES string of the molecule is Cc1ccnc2cc(NCC(O)CO)ccc12. The summed E-state index contributed by atoms with van der Waals surface area (Å²) in [7, 11) is 0. The molecule has 0 spiro atoms. The van der Waals surface area contributed by atoms with E-state index in [2.05, 4.69) is 10.3 Å². The van der Waals surface area contributed by atoms with Crippen LogP contribution in [-0.2, 0) is 0 Å². The van der Waals surface area contributed by atoms with Crippen molar-refractivity contribution in [1.29, 1.82) is 0 Å². The van der Waals surface area contributed by atoms with Gasteiger partial charge in [0, 0.05) is 23.8 Å². The molecule has 1 unspecified atom stereocenters. The van der Waals surface area contributed by atoms with Crippen molar-refractivity contribution in [3.05, 3.63) is 36.0 Å². The highest BCUT2D eigenvalue weighted by molar-refractivity contribution is 5.84. The van der Waals surface area contributed by atoms with Crippen LogP contribution in [0.25, 0.3) is 10.9 Å². The van der Waals surface area contributed by atoms with Crippen LogP contribution in [0.5, 0.6) is 0 Å². The lowest BCUT2D eigenvalue weighted by Gasteiger charge is -2.11. The van der Waals surface area contributed by atoms with Crippen LogP contribution in [0.4, 0.5) is 5.69 Å². The molecule has 0 bridgehead atoms. The van der Waals surface area contributed by atoms with E-state index in [0.717, 1.165) is 16.6 Å². The average molecular weight is 232 g/mol. The summed E-state index contributed by atoms with van der Waals surface area (Å²) in [5.74, 6) is 0. The molecule has 0 saturated carbocycles. The number of rotatable bonds is 4. The molecule has 2 rings (SSSR count). The second-order valence-corrected chi connectivity index (χ2v) is 4.08. The van der Waals surface area contributed by atoms with E-state index in [1.165, 1.54) is 5.56 Å². The molecule has 0 aliphatic heterocycles. The maximum Gasteiger partial charge on any atom is 0.0942 e. The van der Waals surface area contributed by atoms with E-state index in [0.29, 0.717) is 6.54 Å². The van der Waals surface area contributed by atoms with Crippen LogP contribution in [0.3, 0.4) is 0 Å². The van der Waals surface area contributed by atoms with Crippen LogP contribution in [0, 0.1) is 6.92 Å². The molecule has 0 radical (unpaired) electrons. The topological polar surface area (TPSA) is 65.4 Å². The summed E-state index contributed by atoms with van der Waals surface area (Å²) >= 11 is 0. The van der Waals surface area contributed by atoms with Gasteiger partial charge in [0.15, 0.2) is 0 Å². The molecule has 90 valence electrons. The van der Waals surface area contributed by atoms with Crippen LogP contribution in [0.1, 0.15) is 5.56 Å². The highest BCUT2D eigenvalue weighted by Gasteiger charge is 2.03. The van der Waals surface area contributed by atoms with Crippen molar-refractivity contribution in [3.63, 3.8) is 0 Å². The third-order valence-corrected chi connectivity index (χ3v) is 2.71. The second-order valence-electron chi connectivity index (χ2n) is 4.08. The van der Waals surface area contributed by atoms with Crippen molar-refractivity contribution in [1.82, 2.24) is 4.98 Å². The Labute approximate surface area is 99.9 Å². The van der Waals surface area contributed by atoms with E-state index in [9.17, 15) is 5.11 Å². The van der Waals surface area contributed by atoms with Gasteiger partial charge >= 0.3 is 0 Å². The molecule has 4 nitrogen and oxygen atoms in total. The van der Waals surface area contributed by atoms with Crippen molar-refractivity contribution < 1.29 is 10.2 Å². The summed E-state index contributed by atoms with van der Waals surface area (Å²) in [5, 5.41) is 22.1. The Kier molecular flexibility index (Phi) is 3.56. The first kappa shape index (κ1) is 11.8. The van der Waals surface area contributed by atoms with Gasteiger partial charge in [0.05, 0.1) is 18.2 Å². The summed E-state index contributed by atoms with van der Waals surface area (Å²) in [6, 6.07) is 7.86. The van der Waals surface area contributed by atoms with Crippen molar-refractivity contribution >= 4 is 16.6 Å². The van der Waals surface area contributed by atoms with Gasteiger partial charge < -0.3 is 15.5 Å². The number of fused-ring (bicyclic) bond motifs is 1. The monoisotopic (exact) mass is 232 g/mol. The molecular formula is C13H16N2O2. The second kappa shape index (κ2) is 5.12. The Bertz CT molecular complexity index is 514. The number of aryl methyl sites for hydroxylation is 1. The molecule has 0 amide bonds. The number of hydrogen-bond donors (Lipinski definition) is 3. The van der Waals surface area contributed by atoms with Crippen LogP contribution in [-0.4, -0.2) is 34.5 Å². The van der Waals surface area contributed by atoms with E-state index in [1.807, 2.05) is 31.2 Å². The summed E-state index contributed by atoms with van der Waals surface area (Å²) < 4.78 is 0. The number of nitrogens with one attached hydrogen (secondary N) is 1. The molecule has 1 aromatic carbocycles. The minimum Gasteiger partial charge on any atom is -0.394 e. The van der Waals surface area contributed by atoms with Crippen LogP contribution in [0.2, 0.25) is 0 Å². The largest absolute Gasteiger partial charge is 0.394 e. The number of hydrogen-bond acceptors (Lipinski definition) is 4. The summed E-state index contributed by atoms with van der Waals surface area (Å²) in [6.07, 6.45) is 1.04. The highest BCUT2D eigenvalue weighted by atomic mass is 16.3. The molecule has 1 aromatic heterocycles. The lowest BCUT2D eigenvalue weighted by Crippen LogP contribution is -2.22. The Morgan fingerprint density at radius 3 is 2.94 bits per heavy atom. The van der Waals surface area contributed by atoms with E-state index >= 15 is 0 Å². The molecule has 0 saturated heterocycles. The molecule has 1 atom stereocenters. The fourth-order valence-electron chi connectivity index (χ4n) is 1.70. The minimum atomic E-state index is -0.740. The maximum atomic E-state index is 9.25. The quantitative estimate of drug-likeness (QED) is 0.743. The Hall–Kier alpha value is -1.65. The molecule has 4 heteroatoms. The third-order valence-electron chi connectivity index (χ3n) is 2.71. The van der Waals surface area contributed by atoms with Gasteiger partial charge in [-0.15, -0.1) is 0 Å². The first-order chi connectivity index (χ1) is 8.20. The number of aliphatic hydroxyl groups is 2. The van der Waals surface area contributed by atoms with Gasteiger partial charge in [-0.05, 0) is 30.7 Å². The summed E-state index contributed by atoms with van der Waals surface area (Å²) in [5.41, 5.74) is 3.01. The van der Waals surface area contributed by atoms with Crippen molar-refractivity contribution in [3.8, 4) is 0 Å². The number of anilines is 1. The van der Waals surface area contributed by atoms with Crippen LogP contribution >= 0.6 is 0 Å². The van der Waals surface area contributed by atoms with Crippen LogP contribution in [0.15, 0.2) is 30.5 Å². The molecule has 0 aliphatic carbocycles. The number of aromatic nitrogens is 1. The molecule has 0 aliphatic rings. The van der Waals surface area contributed by atoms with E-state index in [1.54, 1.807) is 6.20 Å². The molecule has 3 N–H and O–H groups in total. The summed E-state index contributed by atoms with van der Waals surface area (Å²) in [6.45, 7) is 2.14. The normalized spacial score (nSPS) is 12.6. The van der Waals surface area contributed by atoms with Crippen molar-refractivity contribution in [2.24, 2.45) is 0 Å². The van der Waals surface area contributed by atoms with E-state index in [4.69, 9.17) is 5.11 Å². The van der Waals surface area contributed by atoms with Gasteiger partial charge in [-0.3, -0.25) is 4.98 Å². The van der Waals surface area contributed by atoms with Gasteiger partial charge in [-0.2, -0.15) is 0 Å². The molecule has 17 heavy (non-hydrogen) atoms. The van der Waals surface area contributed by atoms with Crippen molar-refractivity contribution in [2.75, 3.05) is 18.5 Å². The molecule has 2 aromatic rings. The van der Waals surface area contributed by atoms with E-state index < -0.39 is 6.10 Å². The molecular weight excluding hydrogens is 216 g/mol. The molecule has 1 heterocycles. The van der Waals surface area contributed by atoms with Gasteiger partial charge in [0.25, 0.3) is 0 Å². The minimum absolute atomic E-state index is 0.238. The zero-order valence-corrected chi connectivity index (χ0v) is 9.72. The maximum absolute atomic E-state index is 9.25. The lowest BCUT2D eigenvalue weighted by atomic mass is 10.1. The standard InChI is InChI=1S/C13H16N2O2/c1-9-4-5-14-13-6-10(2-3-12(9)13)15-7-11(17)8-16/h2-6,11,15-17H,7-8H2,1H3. The van der Waals surface area contributed by atoms with E-state index in [-0.39, 0.29) is 6.61 Å². The van der Waals surface area contributed by atoms with Gasteiger partial charge in [-0.1, -0.05) is 6.07 Å². The predicted octanol–water partition coefficient (Wildman–Crippen LogP) is 1.31.